The highest BCUT2D eigenvalue weighted by Gasteiger charge is 2.38. The molecule has 0 aromatic heterocycles. The van der Waals surface area contributed by atoms with Crippen molar-refractivity contribution in [3.05, 3.63) is 34.9 Å². The van der Waals surface area contributed by atoms with Crippen LogP contribution in [0.3, 0.4) is 0 Å². The van der Waals surface area contributed by atoms with Crippen molar-refractivity contribution in [2.45, 2.75) is 37.7 Å². The van der Waals surface area contributed by atoms with E-state index in [1.165, 1.54) is 0 Å². The summed E-state index contributed by atoms with van der Waals surface area (Å²) in [6, 6.07) is 7.69. The average Bonchev–Trinajstić information content (AvgIpc) is 2.52. The normalized spacial score (nSPS) is 22.0. The Morgan fingerprint density at radius 1 is 1.43 bits per heavy atom. The minimum absolute atomic E-state index is 0.243. The first-order valence-electron chi connectivity index (χ1n) is 7.85. The van der Waals surface area contributed by atoms with Crippen molar-refractivity contribution < 1.29 is 9.84 Å². The smallest absolute Gasteiger partial charge is 0.0937 e. The average molecular weight is 312 g/mol. The summed E-state index contributed by atoms with van der Waals surface area (Å²) in [5, 5.41) is 15.5. The number of aliphatic hydroxyl groups is 1. The molecule has 0 amide bonds. The molecular formula is C17H26ClNO2. The SMILES string of the molecule is COCCCCC(O)(c1cccc(Cl)c1)C1CCCNC1. The van der Waals surface area contributed by atoms with Crippen LogP contribution in [0, 0.1) is 5.92 Å². The number of ether oxygens (including phenoxy) is 1. The van der Waals surface area contributed by atoms with Gasteiger partial charge in [-0.05, 0) is 56.3 Å². The van der Waals surface area contributed by atoms with Crippen LogP contribution in [0.1, 0.15) is 37.7 Å². The highest BCUT2D eigenvalue weighted by atomic mass is 35.5. The Labute approximate surface area is 132 Å². The van der Waals surface area contributed by atoms with E-state index in [4.69, 9.17) is 16.3 Å². The summed E-state index contributed by atoms with van der Waals surface area (Å²) >= 11 is 6.13. The summed E-state index contributed by atoms with van der Waals surface area (Å²) < 4.78 is 5.11. The van der Waals surface area contributed by atoms with Crippen LogP contribution in [0.15, 0.2) is 24.3 Å². The van der Waals surface area contributed by atoms with Crippen LogP contribution in [0.4, 0.5) is 0 Å². The van der Waals surface area contributed by atoms with E-state index in [0.717, 1.165) is 57.4 Å². The van der Waals surface area contributed by atoms with Crippen molar-refractivity contribution in [1.82, 2.24) is 5.32 Å². The number of halogens is 1. The van der Waals surface area contributed by atoms with Crippen molar-refractivity contribution in [1.29, 1.82) is 0 Å². The number of nitrogens with one attached hydrogen (secondary N) is 1. The van der Waals surface area contributed by atoms with Gasteiger partial charge < -0.3 is 15.2 Å². The standard InChI is InChI=1S/C17H26ClNO2/c1-21-11-3-2-9-17(20,15-7-5-10-19-13-15)14-6-4-8-16(18)12-14/h4,6,8,12,15,19-20H,2-3,5,7,9-11,13H2,1H3. The Morgan fingerprint density at radius 3 is 2.95 bits per heavy atom. The van der Waals surface area contributed by atoms with E-state index < -0.39 is 5.60 Å². The van der Waals surface area contributed by atoms with E-state index >= 15 is 0 Å². The zero-order valence-corrected chi connectivity index (χ0v) is 13.5. The summed E-state index contributed by atoms with van der Waals surface area (Å²) in [6.45, 7) is 2.66. The highest BCUT2D eigenvalue weighted by molar-refractivity contribution is 6.30. The second-order valence-corrected chi connectivity index (χ2v) is 6.36. The van der Waals surface area contributed by atoms with E-state index in [1.54, 1.807) is 7.11 Å². The first-order chi connectivity index (χ1) is 10.2. The third-order valence-corrected chi connectivity index (χ3v) is 4.69. The first kappa shape index (κ1) is 16.8. The zero-order valence-electron chi connectivity index (χ0n) is 12.8. The molecule has 0 spiro atoms. The number of hydrogen-bond acceptors (Lipinski definition) is 3. The molecule has 0 saturated carbocycles. The summed E-state index contributed by atoms with van der Waals surface area (Å²) in [5.74, 6) is 0.243. The van der Waals surface area contributed by atoms with E-state index in [1.807, 2.05) is 24.3 Å². The Morgan fingerprint density at radius 2 is 2.29 bits per heavy atom. The van der Waals surface area contributed by atoms with Gasteiger partial charge in [0, 0.05) is 31.2 Å². The fraction of sp³-hybridized carbons (Fsp3) is 0.647. The van der Waals surface area contributed by atoms with Gasteiger partial charge in [-0.1, -0.05) is 23.7 Å². The summed E-state index contributed by atoms with van der Waals surface area (Å²) in [4.78, 5) is 0. The number of rotatable bonds is 7. The maximum absolute atomic E-state index is 11.4. The topological polar surface area (TPSA) is 41.5 Å². The predicted molar refractivity (Wildman–Crippen MR) is 86.7 cm³/mol. The minimum atomic E-state index is -0.800. The lowest BCUT2D eigenvalue weighted by atomic mass is 9.74. The quantitative estimate of drug-likeness (QED) is 0.759. The number of hydrogen-bond donors (Lipinski definition) is 2. The van der Waals surface area contributed by atoms with Gasteiger partial charge >= 0.3 is 0 Å². The second-order valence-electron chi connectivity index (χ2n) is 5.93. The molecule has 1 aliphatic rings. The van der Waals surface area contributed by atoms with Gasteiger partial charge in [0.2, 0.25) is 0 Å². The molecule has 2 rings (SSSR count). The van der Waals surface area contributed by atoms with E-state index in [0.29, 0.717) is 5.02 Å². The molecule has 0 radical (unpaired) electrons. The van der Waals surface area contributed by atoms with Gasteiger partial charge in [-0.25, -0.2) is 0 Å². The van der Waals surface area contributed by atoms with Crippen molar-refractivity contribution >= 4 is 11.6 Å². The maximum Gasteiger partial charge on any atom is 0.0937 e. The maximum atomic E-state index is 11.4. The van der Waals surface area contributed by atoms with Crippen LogP contribution >= 0.6 is 11.6 Å². The monoisotopic (exact) mass is 311 g/mol. The fourth-order valence-corrected chi connectivity index (χ4v) is 3.43. The molecule has 1 heterocycles. The molecule has 1 saturated heterocycles. The second kappa shape index (κ2) is 8.14. The molecule has 0 aliphatic carbocycles. The van der Waals surface area contributed by atoms with Crippen LogP contribution in [-0.4, -0.2) is 31.9 Å². The molecule has 0 bridgehead atoms. The summed E-state index contributed by atoms with van der Waals surface area (Å²) in [6.07, 6.45) is 4.85. The molecule has 2 unspecified atom stereocenters. The Bertz CT molecular complexity index is 435. The molecule has 21 heavy (non-hydrogen) atoms. The van der Waals surface area contributed by atoms with E-state index in [2.05, 4.69) is 5.32 Å². The molecule has 1 aromatic rings. The number of methoxy groups -OCH3 is 1. The van der Waals surface area contributed by atoms with Crippen molar-refractivity contribution in [3.63, 3.8) is 0 Å². The van der Waals surface area contributed by atoms with Gasteiger partial charge in [-0.15, -0.1) is 0 Å². The molecule has 4 heteroatoms. The zero-order chi connectivity index (χ0) is 15.1. The molecule has 1 aliphatic heterocycles. The Kier molecular flexibility index (Phi) is 6.49. The van der Waals surface area contributed by atoms with Crippen LogP contribution < -0.4 is 5.32 Å². The third-order valence-electron chi connectivity index (χ3n) is 4.45. The van der Waals surface area contributed by atoms with Crippen LogP contribution in [0.25, 0.3) is 0 Å². The number of piperidine rings is 1. The third kappa shape index (κ3) is 4.43. The van der Waals surface area contributed by atoms with Gasteiger partial charge in [0.15, 0.2) is 0 Å². The van der Waals surface area contributed by atoms with E-state index in [9.17, 15) is 5.11 Å². The van der Waals surface area contributed by atoms with Crippen LogP contribution in [-0.2, 0) is 10.3 Å². The van der Waals surface area contributed by atoms with Gasteiger partial charge in [0.05, 0.1) is 5.60 Å². The molecule has 1 aromatic carbocycles. The van der Waals surface area contributed by atoms with E-state index in [-0.39, 0.29) is 5.92 Å². The predicted octanol–water partition coefficient (Wildman–Crippen LogP) is 3.34. The van der Waals surface area contributed by atoms with Gasteiger partial charge in [-0.3, -0.25) is 0 Å². The van der Waals surface area contributed by atoms with Gasteiger partial charge in [0.25, 0.3) is 0 Å². The lowest BCUT2D eigenvalue weighted by Gasteiger charge is -2.39. The molecular weight excluding hydrogens is 286 g/mol. The number of unbranched alkanes of at least 4 members (excludes halogenated alkanes) is 1. The highest BCUT2D eigenvalue weighted by Crippen LogP contribution is 2.39. The molecule has 2 atom stereocenters. The first-order valence-corrected chi connectivity index (χ1v) is 8.22. The lowest BCUT2D eigenvalue weighted by molar-refractivity contribution is -0.0434. The Hall–Kier alpha value is -0.610. The van der Waals surface area contributed by atoms with Crippen molar-refractivity contribution in [3.8, 4) is 0 Å². The van der Waals surface area contributed by atoms with Gasteiger partial charge in [-0.2, -0.15) is 0 Å². The van der Waals surface area contributed by atoms with Gasteiger partial charge in [0.1, 0.15) is 0 Å². The van der Waals surface area contributed by atoms with Crippen molar-refractivity contribution in [2.24, 2.45) is 5.92 Å². The summed E-state index contributed by atoms with van der Waals surface area (Å²) in [5.41, 5.74) is 0.146. The largest absolute Gasteiger partial charge is 0.385 e. The van der Waals surface area contributed by atoms with Crippen LogP contribution in [0.5, 0.6) is 0 Å². The fourth-order valence-electron chi connectivity index (χ4n) is 3.24. The van der Waals surface area contributed by atoms with Crippen LogP contribution in [0.2, 0.25) is 5.02 Å². The molecule has 3 nitrogen and oxygen atoms in total. The lowest BCUT2D eigenvalue weighted by Crippen LogP contribution is -2.44. The van der Waals surface area contributed by atoms with Crippen molar-refractivity contribution in [2.75, 3.05) is 26.8 Å². The molecule has 118 valence electrons. The number of benzene rings is 1. The summed E-state index contributed by atoms with van der Waals surface area (Å²) in [7, 11) is 1.72. The Balaban J connectivity index is 2.15. The molecule has 1 fully saturated rings. The molecule has 2 N–H and O–H groups in total. The minimum Gasteiger partial charge on any atom is -0.385 e.